The van der Waals surface area contributed by atoms with Gasteiger partial charge in [-0.15, -0.1) is 0 Å². The molecule has 0 fully saturated rings. The van der Waals surface area contributed by atoms with E-state index in [4.69, 9.17) is 10.00 Å². The molecule has 0 saturated carbocycles. The molecular formula is C14H17F3N2O. The van der Waals surface area contributed by atoms with E-state index in [0.717, 1.165) is 12.1 Å². The number of nitrogens with zero attached hydrogens (tertiary/aromatic N) is 2. The molecule has 0 aliphatic rings. The minimum atomic E-state index is -4.45. The smallest absolute Gasteiger partial charge is 0.383 e. The van der Waals surface area contributed by atoms with Crippen molar-refractivity contribution in [2.24, 2.45) is 0 Å². The monoisotopic (exact) mass is 286 g/mol. The Labute approximate surface area is 116 Å². The minimum absolute atomic E-state index is 0.0182. The predicted molar refractivity (Wildman–Crippen MR) is 70.5 cm³/mol. The molecule has 0 aliphatic heterocycles. The number of anilines is 1. The minimum Gasteiger partial charge on any atom is -0.383 e. The number of methoxy groups -OCH3 is 1. The summed E-state index contributed by atoms with van der Waals surface area (Å²) in [5, 5.41) is 9.09. The topological polar surface area (TPSA) is 36.3 Å². The van der Waals surface area contributed by atoms with Crippen molar-refractivity contribution in [3.8, 4) is 6.07 Å². The van der Waals surface area contributed by atoms with Crippen molar-refractivity contribution in [3.63, 3.8) is 0 Å². The van der Waals surface area contributed by atoms with E-state index in [9.17, 15) is 13.2 Å². The molecule has 1 aromatic carbocycles. The molecule has 0 aliphatic carbocycles. The molecule has 0 saturated heterocycles. The second-order valence-corrected chi connectivity index (χ2v) is 4.62. The van der Waals surface area contributed by atoms with Crippen LogP contribution < -0.4 is 4.90 Å². The van der Waals surface area contributed by atoms with E-state index in [2.05, 4.69) is 0 Å². The summed E-state index contributed by atoms with van der Waals surface area (Å²) >= 11 is 0. The third-order valence-corrected chi connectivity index (χ3v) is 2.91. The summed E-state index contributed by atoms with van der Waals surface area (Å²) in [5.74, 6) is 0. The van der Waals surface area contributed by atoms with E-state index in [0.29, 0.717) is 18.8 Å². The Morgan fingerprint density at radius 2 is 2.00 bits per heavy atom. The lowest BCUT2D eigenvalue weighted by molar-refractivity contribution is -0.137. The Morgan fingerprint density at radius 1 is 1.35 bits per heavy atom. The molecular weight excluding hydrogens is 269 g/mol. The van der Waals surface area contributed by atoms with Crippen LogP contribution in [0.1, 0.15) is 25.0 Å². The Balaban J connectivity index is 3.20. The number of benzene rings is 1. The van der Waals surface area contributed by atoms with Crippen LogP contribution in [0.4, 0.5) is 18.9 Å². The van der Waals surface area contributed by atoms with Crippen LogP contribution >= 0.6 is 0 Å². The van der Waals surface area contributed by atoms with Gasteiger partial charge in [-0.2, -0.15) is 18.4 Å². The second-order valence-electron chi connectivity index (χ2n) is 4.62. The Morgan fingerprint density at radius 3 is 2.45 bits per heavy atom. The molecule has 0 radical (unpaired) electrons. The van der Waals surface area contributed by atoms with E-state index in [1.54, 1.807) is 7.11 Å². The molecule has 0 heterocycles. The second kappa shape index (κ2) is 6.62. The van der Waals surface area contributed by atoms with Gasteiger partial charge in [0.25, 0.3) is 0 Å². The normalized spacial score (nSPS) is 11.5. The number of nitriles is 1. The first-order valence-electron chi connectivity index (χ1n) is 6.18. The highest BCUT2D eigenvalue weighted by Crippen LogP contribution is 2.33. The lowest BCUT2D eigenvalue weighted by Gasteiger charge is -2.29. The van der Waals surface area contributed by atoms with Crippen LogP contribution in [-0.4, -0.2) is 26.3 Å². The zero-order valence-corrected chi connectivity index (χ0v) is 11.7. The van der Waals surface area contributed by atoms with Crippen molar-refractivity contribution in [1.29, 1.82) is 5.26 Å². The fraction of sp³-hybridized carbons (Fsp3) is 0.500. The van der Waals surface area contributed by atoms with Gasteiger partial charge in [0.2, 0.25) is 0 Å². The van der Waals surface area contributed by atoms with Crippen LogP contribution in [0, 0.1) is 11.3 Å². The van der Waals surface area contributed by atoms with Crippen LogP contribution in [0.15, 0.2) is 18.2 Å². The first-order valence-corrected chi connectivity index (χ1v) is 6.18. The van der Waals surface area contributed by atoms with E-state index in [1.165, 1.54) is 6.07 Å². The van der Waals surface area contributed by atoms with Crippen molar-refractivity contribution in [2.45, 2.75) is 26.1 Å². The van der Waals surface area contributed by atoms with Crippen LogP contribution in [0.2, 0.25) is 0 Å². The highest BCUT2D eigenvalue weighted by Gasteiger charge is 2.31. The van der Waals surface area contributed by atoms with Gasteiger partial charge in [-0.1, -0.05) is 0 Å². The zero-order valence-electron chi connectivity index (χ0n) is 11.7. The molecule has 0 bridgehead atoms. The van der Waals surface area contributed by atoms with E-state index < -0.39 is 11.7 Å². The molecule has 0 spiro atoms. The Bertz CT molecular complexity index is 492. The largest absolute Gasteiger partial charge is 0.416 e. The number of hydrogen-bond donors (Lipinski definition) is 0. The molecule has 0 amide bonds. The number of rotatable bonds is 5. The summed E-state index contributed by atoms with van der Waals surface area (Å²) in [7, 11) is 1.55. The third-order valence-electron chi connectivity index (χ3n) is 2.91. The van der Waals surface area contributed by atoms with E-state index >= 15 is 0 Å². The van der Waals surface area contributed by atoms with Gasteiger partial charge in [-0.3, -0.25) is 0 Å². The maximum atomic E-state index is 12.7. The molecule has 3 nitrogen and oxygen atoms in total. The van der Waals surface area contributed by atoms with Gasteiger partial charge < -0.3 is 9.64 Å². The van der Waals surface area contributed by atoms with Crippen LogP contribution in [0.5, 0.6) is 0 Å². The molecule has 1 aromatic rings. The molecule has 0 N–H and O–H groups in total. The van der Waals surface area contributed by atoms with E-state index in [-0.39, 0.29) is 11.6 Å². The van der Waals surface area contributed by atoms with Gasteiger partial charge in [0, 0.05) is 19.7 Å². The van der Waals surface area contributed by atoms with Crippen molar-refractivity contribution in [3.05, 3.63) is 29.3 Å². The van der Waals surface area contributed by atoms with Crippen LogP contribution in [0.3, 0.4) is 0 Å². The van der Waals surface area contributed by atoms with Gasteiger partial charge in [-0.25, -0.2) is 0 Å². The summed E-state index contributed by atoms with van der Waals surface area (Å²) in [5.41, 5.74) is -0.301. The molecule has 0 unspecified atom stereocenters. The number of halogens is 3. The maximum absolute atomic E-state index is 12.7. The summed E-state index contributed by atoms with van der Waals surface area (Å²) in [6.45, 7) is 4.77. The molecule has 0 atom stereocenters. The highest BCUT2D eigenvalue weighted by atomic mass is 19.4. The number of alkyl halides is 3. The van der Waals surface area contributed by atoms with Gasteiger partial charge >= 0.3 is 6.18 Å². The van der Waals surface area contributed by atoms with Crippen LogP contribution in [0.25, 0.3) is 0 Å². The van der Waals surface area contributed by atoms with Crippen molar-refractivity contribution >= 4 is 5.69 Å². The van der Waals surface area contributed by atoms with Gasteiger partial charge in [0.05, 0.1) is 23.4 Å². The summed E-state index contributed by atoms with van der Waals surface area (Å²) in [6.07, 6.45) is -4.45. The molecule has 110 valence electrons. The highest BCUT2D eigenvalue weighted by molar-refractivity contribution is 5.61. The average Bonchev–Trinajstić information content (AvgIpc) is 2.37. The molecule has 0 aromatic heterocycles. The standard InChI is InChI=1S/C14H17F3N2O/c1-10(2)19(6-7-20-3)13-5-4-12(14(15,16)17)8-11(13)9-18/h4-5,8,10H,6-7H2,1-3H3. The summed E-state index contributed by atoms with van der Waals surface area (Å²) in [6, 6.07) is 5.12. The zero-order chi connectivity index (χ0) is 15.3. The fourth-order valence-corrected chi connectivity index (χ4v) is 1.90. The third kappa shape index (κ3) is 3.87. The Kier molecular flexibility index (Phi) is 5.40. The van der Waals surface area contributed by atoms with Gasteiger partial charge in [0.15, 0.2) is 0 Å². The molecule has 1 rings (SSSR count). The fourth-order valence-electron chi connectivity index (χ4n) is 1.90. The first-order chi connectivity index (χ1) is 9.31. The molecule has 20 heavy (non-hydrogen) atoms. The Hall–Kier alpha value is -1.74. The van der Waals surface area contributed by atoms with Crippen molar-refractivity contribution in [2.75, 3.05) is 25.2 Å². The summed E-state index contributed by atoms with van der Waals surface area (Å²) in [4.78, 5) is 1.85. The van der Waals surface area contributed by atoms with Gasteiger partial charge in [0.1, 0.15) is 6.07 Å². The average molecular weight is 286 g/mol. The predicted octanol–water partition coefficient (Wildman–Crippen LogP) is 3.44. The SMILES string of the molecule is COCCN(c1ccc(C(F)(F)F)cc1C#N)C(C)C. The lowest BCUT2D eigenvalue weighted by Crippen LogP contribution is -2.34. The quantitative estimate of drug-likeness (QED) is 0.832. The van der Waals surface area contributed by atoms with Crippen molar-refractivity contribution < 1.29 is 17.9 Å². The lowest BCUT2D eigenvalue weighted by atomic mass is 10.1. The van der Waals surface area contributed by atoms with E-state index in [1.807, 2.05) is 24.8 Å². The van der Waals surface area contributed by atoms with Gasteiger partial charge in [-0.05, 0) is 32.0 Å². The number of ether oxygens (including phenoxy) is 1. The van der Waals surface area contributed by atoms with Crippen molar-refractivity contribution in [1.82, 2.24) is 0 Å². The number of hydrogen-bond acceptors (Lipinski definition) is 3. The van der Waals surface area contributed by atoms with Crippen LogP contribution in [-0.2, 0) is 10.9 Å². The maximum Gasteiger partial charge on any atom is 0.416 e. The summed E-state index contributed by atoms with van der Waals surface area (Å²) < 4.78 is 43.0. The first kappa shape index (κ1) is 16.3. The molecule has 6 heteroatoms.